The maximum atomic E-state index is 13.3. The second kappa shape index (κ2) is 7.95. The second-order valence-corrected chi connectivity index (χ2v) is 8.38. The van der Waals surface area contributed by atoms with Crippen molar-refractivity contribution in [3.05, 3.63) is 65.0 Å². The Hall–Kier alpha value is -2.54. The molecule has 0 saturated carbocycles. The number of hydrogen-bond donors (Lipinski definition) is 0. The van der Waals surface area contributed by atoms with Crippen molar-refractivity contribution in [3.63, 3.8) is 0 Å². The Balaban J connectivity index is 1.55. The van der Waals surface area contributed by atoms with E-state index in [1.54, 1.807) is 18.0 Å². The van der Waals surface area contributed by atoms with Gasteiger partial charge in [0, 0.05) is 31.7 Å². The third kappa shape index (κ3) is 3.55. The number of amides is 1. The molecule has 160 valence electrons. The van der Waals surface area contributed by atoms with Gasteiger partial charge in [-0.25, -0.2) is 8.78 Å². The van der Waals surface area contributed by atoms with Crippen molar-refractivity contribution in [3.8, 4) is 0 Å². The van der Waals surface area contributed by atoms with Crippen LogP contribution in [0.25, 0.3) is 0 Å². The van der Waals surface area contributed by atoms with Gasteiger partial charge in [0.25, 0.3) is 12.3 Å². The molecule has 1 fully saturated rings. The standard InChI is InChI=1S/C23H27F2N3O2/c1-4-11-30-19-13-23(18-12-15(2)5-6-16(18)19)7-9-28(10-8-23)22(29)17-14-27(3)26-20(17)21(24)25/h4-6,12,14,19,21H,1,7-11,13H2,2-3H3. The van der Waals surface area contributed by atoms with E-state index < -0.39 is 12.1 Å². The number of hydrogen-bond acceptors (Lipinski definition) is 3. The maximum Gasteiger partial charge on any atom is 0.282 e. The Morgan fingerprint density at radius 2 is 2.13 bits per heavy atom. The summed E-state index contributed by atoms with van der Waals surface area (Å²) in [6.45, 7) is 7.38. The molecule has 2 aliphatic rings. The number of rotatable bonds is 5. The Morgan fingerprint density at radius 1 is 1.40 bits per heavy atom. The van der Waals surface area contributed by atoms with Gasteiger partial charge in [-0.05, 0) is 37.3 Å². The predicted octanol–water partition coefficient (Wildman–Crippen LogP) is 4.49. The third-order valence-electron chi connectivity index (χ3n) is 6.42. The van der Waals surface area contributed by atoms with E-state index in [2.05, 4.69) is 36.8 Å². The van der Waals surface area contributed by atoms with Crippen molar-refractivity contribution < 1.29 is 18.3 Å². The molecule has 0 radical (unpaired) electrons. The molecule has 1 aliphatic carbocycles. The number of alkyl halides is 2. The topological polar surface area (TPSA) is 47.4 Å². The van der Waals surface area contributed by atoms with Gasteiger partial charge in [-0.1, -0.05) is 29.8 Å². The van der Waals surface area contributed by atoms with Crippen LogP contribution in [0.5, 0.6) is 0 Å². The van der Waals surface area contributed by atoms with E-state index in [1.165, 1.54) is 27.6 Å². The minimum atomic E-state index is -2.77. The first-order valence-corrected chi connectivity index (χ1v) is 10.3. The highest BCUT2D eigenvalue weighted by atomic mass is 19.3. The Kier molecular flexibility index (Phi) is 5.49. The fourth-order valence-electron chi connectivity index (χ4n) is 4.93. The number of fused-ring (bicyclic) bond motifs is 2. The average Bonchev–Trinajstić information content (AvgIpc) is 3.25. The number of nitrogens with zero attached hydrogens (tertiary/aromatic N) is 3. The lowest BCUT2D eigenvalue weighted by Gasteiger charge is -2.40. The largest absolute Gasteiger partial charge is 0.369 e. The van der Waals surface area contributed by atoms with E-state index in [1.807, 2.05) is 0 Å². The Morgan fingerprint density at radius 3 is 2.80 bits per heavy atom. The SMILES string of the molecule is C=CCOC1CC2(CCN(C(=O)c3cn(C)nc3C(F)F)CC2)c2cc(C)ccc21. The molecular weight excluding hydrogens is 388 g/mol. The summed E-state index contributed by atoms with van der Waals surface area (Å²) in [5.41, 5.74) is 3.23. The number of likely N-dealkylation sites (tertiary alicyclic amines) is 1. The average molecular weight is 415 g/mol. The normalized spacial score (nSPS) is 20.0. The quantitative estimate of drug-likeness (QED) is 0.676. The van der Waals surface area contributed by atoms with Crippen LogP contribution in [-0.2, 0) is 17.2 Å². The highest BCUT2D eigenvalue weighted by Gasteiger charge is 2.46. The molecule has 1 amide bonds. The summed E-state index contributed by atoms with van der Waals surface area (Å²) in [4.78, 5) is 14.6. The number of benzene rings is 1. The molecule has 1 aromatic carbocycles. The van der Waals surface area contributed by atoms with Gasteiger partial charge in [0.2, 0.25) is 0 Å². The maximum absolute atomic E-state index is 13.3. The van der Waals surface area contributed by atoms with Crippen LogP contribution in [0.4, 0.5) is 8.78 Å². The summed E-state index contributed by atoms with van der Waals surface area (Å²) >= 11 is 0. The first-order chi connectivity index (χ1) is 14.3. The second-order valence-electron chi connectivity index (χ2n) is 8.38. The number of halogens is 2. The molecule has 2 heterocycles. The lowest BCUT2D eigenvalue weighted by molar-refractivity contribution is 0.0446. The molecule has 30 heavy (non-hydrogen) atoms. The minimum Gasteiger partial charge on any atom is -0.369 e. The van der Waals surface area contributed by atoms with Crippen LogP contribution in [0.2, 0.25) is 0 Å². The molecule has 7 heteroatoms. The first-order valence-electron chi connectivity index (χ1n) is 10.3. The van der Waals surface area contributed by atoms with Gasteiger partial charge in [0.1, 0.15) is 5.69 Å². The molecular formula is C23H27F2N3O2. The third-order valence-corrected chi connectivity index (χ3v) is 6.42. The zero-order valence-electron chi connectivity index (χ0n) is 17.4. The van der Waals surface area contributed by atoms with Gasteiger partial charge in [-0.15, -0.1) is 6.58 Å². The zero-order chi connectivity index (χ0) is 21.5. The summed E-state index contributed by atoms with van der Waals surface area (Å²) in [6, 6.07) is 6.49. The van der Waals surface area contributed by atoms with Gasteiger partial charge in [0.05, 0.1) is 18.3 Å². The Bertz CT molecular complexity index is 961. The van der Waals surface area contributed by atoms with Gasteiger partial charge in [-0.3, -0.25) is 9.48 Å². The molecule has 1 atom stereocenters. The van der Waals surface area contributed by atoms with Crippen molar-refractivity contribution >= 4 is 5.91 Å². The van der Waals surface area contributed by atoms with Crippen LogP contribution < -0.4 is 0 Å². The van der Waals surface area contributed by atoms with Gasteiger partial charge in [0.15, 0.2) is 0 Å². The molecule has 1 saturated heterocycles. The molecule has 1 aliphatic heterocycles. The van der Waals surface area contributed by atoms with E-state index in [-0.39, 0.29) is 23.0 Å². The number of carbonyl (C=O) groups is 1. The minimum absolute atomic E-state index is 0.00157. The summed E-state index contributed by atoms with van der Waals surface area (Å²) in [7, 11) is 1.55. The van der Waals surface area contributed by atoms with E-state index in [0.29, 0.717) is 19.7 Å². The van der Waals surface area contributed by atoms with E-state index in [9.17, 15) is 13.6 Å². The van der Waals surface area contributed by atoms with E-state index in [0.717, 1.165) is 19.3 Å². The highest BCUT2D eigenvalue weighted by Crippen LogP contribution is 2.52. The van der Waals surface area contributed by atoms with Crippen molar-refractivity contribution in [2.24, 2.45) is 7.05 Å². The fourth-order valence-corrected chi connectivity index (χ4v) is 4.93. The van der Waals surface area contributed by atoms with Gasteiger partial charge < -0.3 is 9.64 Å². The number of piperidine rings is 1. The molecule has 4 rings (SSSR count). The molecule has 1 aromatic heterocycles. The van der Waals surface area contributed by atoms with Crippen molar-refractivity contribution in [1.82, 2.24) is 14.7 Å². The van der Waals surface area contributed by atoms with E-state index in [4.69, 9.17) is 4.74 Å². The summed E-state index contributed by atoms with van der Waals surface area (Å²) in [5.74, 6) is -0.366. The molecule has 2 aromatic rings. The molecule has 0 bridgehead atoms. The van der Waals surface area contributed by atoms with Crippen molar-refractivity contribution in [2.75, 3.05) is 19.7 Å². The summed E-state index contributed by atoms with van der Waals surface area (Å²) in [5, 5.41) is 3.77. The molecule has 1 spiro atoms. The van der Waals surface area contributed by atoms with Crippen LogP contribution in [0.15, 0.2) is 37.1 Å². The fraction of sp³-hybridized carbons (Fsp3) is 0.478. The highest BCUT2D eigenvalue weighted by molar-refractivity contribution is 5.95. The molecule has 1 unspecified atom stereocenters. The predicted molar refractivity (Wildman–Crippen MR) is 110 cm³/mol. The van der Waals surface area contributed by atoms with Gasteiger partial charge in [-0.2, -0.15) is 5.10 Å². The molecule has 0 N–H and O–H groups in total. The zero-order valence-corrected chi connectivity index (χ0v) is 17.4. The summed E-state index contributed by atoms with van der Waals surface area (Å²) in [6.07, 6.45) is 2.84. The number of carbonyl (C=O) groups excluding carboxylic acids is 1. The van der Waals surface area contributed by atoms with Crippen molar-refractivity contribution in [1.29, 1.82) is 0 Å². The summed E-state index contributed by atoms with van der Waals surface area (Å²) < 4.78 is 33.9. The number of ether oxygens (including phenoxy) is 1. The number of aryl methyl sites for hydroxylation is 2. The van der Waals surface area contributed by atoms with Crippen LogP contribution in [-0.4, -0.2) is 40.3 Å². The monoisotopic (exact) mass is 415 g/mol. The van der Waals surface area contributed by atoms with Crippen LogP contribution in [0, 0.1) is 6.92 Å². The van der Waals surface area contributed by atoms with Crippen molar-refractivity contribution in [2.45, 2.75) is 44.1 Å². The van der Waals surface area contributed by atoms with E-state index >= 15 is 0 Å². The van der Waals surface area contributed by atoms with Crippen LogP contribution in [0.1, 0.15) is 64.5 Å². The first kappa shape index (κ1) is 20.7. The Labute approximate surface area is 175 Å². The smallest absolute Gasteiger partial charge is 0.282 e. The lowest BCUT2D eigenvalue weighted by atomic mass is 9.73. The molecule has 5 nitrogen and oxygen atoms in total. The lowest BCUT2D eigenvalue weighted by Crippen LogP contribution is -2.44. The van der Waals surface area contributed by atoms with Gasteiger partial charge >= 0.3 is 0 Å². The van der Waals surface area contributed by atoms with Crippen LogP contribution in [0.3, 0.4) is 0 Å². The number of aromatic nitrogens is 2. The van der Waals surface area contributed by atoms with Crippen LogP contribution >= 0.6 is 0 Å².